The van der Waals surface area contributed by atoms with Crippen molar-refractivity contribution in [1.82, 2.24) is 0 Å². The Morgan fingerprint density at radius 1 is 1.11 bits per heavy atom. The monoisotopic (exact) mass is 298 g/mol. The Bertz CT molecular complexity index is 371. The van der Waals surface area contributed by atoms with Gasteiger partial charge < -0.3 is 13.3 Å². The fourth-order valence-corrected chi connectivity index (χ4v) is 6.03. The van der Waals surface area contributed by atoms with Crippen LogP contribution in [-0.2, 0) is 13.3 Å². The van der Waals surface area contributed by atoms with E-state index in [0.29, 0.717) is 0 Å². The van der Waals surface area contributed by atoms with E-state index in [2.05, 4.69) is 30.5 Å². The van der Waals surface area contributed by atoms with E-state index in [4.69, 9.17) is 13.3 Å². The van der Waals surface area contributed by atoms with E-state index >= 15 is 0 Å². The van der Waals surface area contributed by atoms with Gasteiger partial charge >= 0.3 is 8.80 Å². The molecule has 0 aliphatic heterocycles. The second-order valence-electron chi connectivity index (χ2n) is 3.96. The molecule has 1 unspecified atom stereocenters. The Morgan fingerprint density at radius 2 is 1.68 bits per heavy atom. The highest BCUT2D eigenvalue weighted by Crippen LogP contribution is 2.28. The summed E-state index contributed by atoms with van der Waals surface area (Å²) >= 11 is 1.70. The molecule has 0 bridgehead atoms. The Kier molecular flexibility index (Phi) is 7.41. The fourth-order valence-electron chi connectivity index (χ4n) is 1.85. The summed E-state index contributed by atoms with van der Waals surface area (Å²) in [6.45, 7) is 2.12. The van der Waals surface area contributed by atoms with Crippen LogP contribution in [0.3, 0.4) is 0 Å². The van der Waals surface area contributed by atoms with Crippen molar-refractivity contribution in [3.63, 3.8) is 0 Å². The molecule has 0 aliphatic rings. The zero-order chi connectivity index (χ0) is 14.1. The first kappa shape index (κ1) is 16.5. The van der Waals surface area contributed by atoms with Crippen LogP contribution in [0.15, 0.2) is 35.7 Å². The third kappa shape index (κ3) is 4.47. The largest absolute Gasteiger partial charge is 0.514 e. The maximum Gasteiger partial charge on any atom is 0.514 e. The third-order valence-corrected chi connectivity index (χ3v) is 8.05. The highest BCUT2D eigenvalue weighted by atomic mass is 32.2. The fraction of sp³-hybridized carbons (Fsp3) is 0.429. The van der Waals surface area contributed by atoms with Gasteiger partial charge in [0.2, 0.25) is 0 Å². The number of thioether (sulfide) groups is 1. The molecule has 5 heteroatoms. The molecule has 0 aliphatic carbocycles. The maximum absolute atomic E-state index is 5.53. The minimum atomic E-state index is -2.57. The normalized spacial score (nSPS) is 13.9. The zero-order valence-electron chi connectivity index (χ0n) is 12.0. The molecule has 0 saturated heterocycles. The second kappa shape index (κ2) is 8.55. The van der Waals surface area contributed by atoms with Crippen LogP contribution >= 0.6 is 11.8 Å². The average Bonchev–Trinajstić information content (AvgIpc) is 2.48. The molecule has 0 fully saturated rings. The lowest BCUT2D eigenvalue weighted by Gasteiger charge is -2.30. The summed E-state index contributed by atoms with van der Waals surface area (Å²) in [4.78, 5) is 0.201. The number of hydrogen-bond acceptors (Lipinski definition) is 4. The summed E-state index contributed by atoms with van der Waals surface area (Å²) in [6.07, 6.45) is 3.03. The average molecular weight is 298 g/mol. The van der Waals surface area contributed by atoms with Gasteiger partial charge in [-0.05, 0) is 23.5 Å². The Morgan fingerprint density at radius 3 is 2.16 bits per heavy atom. The van der Waals surface area contributed by atoms with Crippen LogP contribution in [-0.4, -0.2) is 35.0 Å². The van der Waals surface area contributed by atoms with E-state index in [9.17, 15) is 0 Å². The molecule has 0 amide bonds. The molecular weight excluding hydrogens is 276 g/mol. The van der Waals surface area contributed by atoms with Crippen molar-refractivity contribution >= 4 is 26.6 Å². The first-order valence-electron chi connectivity index (χ1n) is 6.25. The maximum atomic E-state index is 5.53. The molecule has 0 aromatic heterocycles. The standard InChI is InChI=1S/C14H22O3SSi/c1-5-14(19(15-2,16-3)17-4)18-12-11-13-9-7-6-8-10-13/h6-12,14H,5H2,1-4H3. The van der Waals surface area contributed by atoms with Crippen molar-refractivity contribution in [2.45, 2.75) is 18.2 Å². The summed E-state index contributed by atoms with van der Waals surface area (Å²) in [5.74, 6) is 0. The van der Waals surface area contributed by atoms with Crippen molar-refractivity contribution in [3.8, 4) is 0 Å². The first-order valence-corrected chi connectivity index (χ1v) is 8.99. The van der Waals surface area contributed by atoms with Gasteiger partial charge in [-0.25, -0.2) is 0 Å². The zero-order valence-corrected chi connectivity index (χ0v) is 13.8. The van der Waals surface area contributed by atoms with E-state index in [0.717, 1.165) is 6.42 Å². The van der Waals surface area contributed by atoms with E-state index in [1.807, 2.05) is 18.2 Å². The van der Waals surface area contributed by atoms with Crippen molar-refractivity contribution in [2.24, 2.45) is 0 Å². The van der Waals surface area contributed by atoms with Gasteiger partial charge in [-0.2, -0.15) is 0 Å². The van der Waals surface area contributed by atoms with Gasteiger partial charge in [0, 0.05) is 21.3 Å². The van der Waals surface area contributed by atoms with Crippen molar-refractivity contribution in [1.29, 1.82) is 0 Å². The molecule has 19 heavy (non-hydrogen) atoms. The molecule has 0 radical (unpaired) electrons. The number of hydrogen-bond donors (Lipinski definition) is 0. The Labute approximate surface area is 121 Å². The van der Waals surface area contributed by atoms with E-state index in [-0.39, 0.29) is 4.87 Å². The number of benzene rings is 1. The van der Waals surface area contributed by atoms with E-state index in [1.165, 1.54) is 5.56 Å². The van der Waals surface area contributed by atoms with Crippen LogP contribution in [0.25, 0.3) is 6.08 Å². The molecule has 1 atom stereocenters. The molecule has 1 rings (SSSR count). The molecule has 0 saturated carbocycles. The predicted molar refractivity (Wildman–Crippen MR) is 83.9 cm³/mol. The quantitative estimate of drug-likeness (QED) is 0.686. The molecule has 3 nitrogen and oxygen atoms in total. The van der Waals surface area contributed by atoms with Crippen LogP contribution in [0.5, 0.6) is 0 Å². The first-order chi connectivity index (χ1) is 9.22. The van der Waals surface area contributed by atoms with Crippen LogP contribution in [0.4, 0.5) is 0 Å². The Hall–Kier alpha value is -0.593. The summed E-state index contributed by atoms with van der Waals surface area (Å²) < 4.78 is 16.6. The second-order valence-corrected chi connectivity index (χ2v) is 8.62. The number of rotatable bonds is 8. The highest BCUT2D eigenvalue weighted by molar-refractivity contribution is 8.04. The molecule has 0 N–H and O–H groups in total. The summed E-state index contributed by atoms with van der Waals surface area (Å²) in [7, 11) is 2.40. The van der Waals surface area contributed by atoms with Gasteiger partial charge in [-0.1, -0.05) is 37.3 Å². The van der Waals surface area contributed by atoms with Crippen LogP contribution < -0.4 is 0 Å². The Balaban J connectivity index is 2.69. The van der Waals surface area contributed by atoms with Gasteiger partial charge in [0.1, 0.15) is 0 Å². The summed E-state index contributed by atoms with van der Waals surface area (Å²) in [5.41, 5.74) is 1.18. The van der Waals surface area contributed by atoms with Crippen molar-refractivity contribution in [2.75, 3.05) is 21.3 Å². The van der Waals surface area contributed by atoms with Gasteiger partial charge in [0.25, 0.3) is 0 Å². The predicted octanol–water partition coefficient (Wildman–Crippen LogP) is 3.59. The lowest BCUT2D eigenvalue weighted by Crippen LogP contribution is -2.52. The smallest absolute Gasteiger partial charge is 0.376 e. The lowest BCUT2D eigenvalue weighted by atomic mass is 10.2. The molecule has 1 aromatic rings. The minimum absolute atomic E-state index is 0.201. The summed E-state index contributed by atoms with van der Waals surface area (Å²) in [6, 6.07) is 10.2. The molecule has 106 valence electrons. The molecule has 0 spiro atoms. The van der Waals surface area contributed by atoms with Gasteiger partial charge in [-0.3, -0.25) is 0 Å². The van der Waals surface area contributed by atoms with E-state index < -0.39 is 8.80 Å². The van der Waals surface area contributed by atoms with Gasteiger partial charge in [0.15, 0.2) is 0 Å². The minimum Gasteiger partial charge on any atom is -0.376 e. The third-order valence-electron chi connectivity index (χ3n) is 2.92. The van der Waals surface area contributed by atoms with E-state index in [1.54, 1.807) is 33.1 Å². The van der Waals surface area contributed by atoms with Gasteiger partial charge in [0.05, 0.1) is 4.87 Å². The summed E-state index contributed by atoms with van der Waals surface area (Å²) in [5, 5.41) is 2.09. The van der Waals surface area contributed by atoms with Crippen LogP contribution in [0.2, 0.25) is 0 Å². The van der Waals surface area contributed by atoms with Crippen LogP contribution in [0.1, 0.15) is 18.9 Å². The van der Waals surface area contributed by atoms with Crippen LogP contribution in [0, 0.1) is 0 Å². The topological polar surface area (TPSA) is 27.7 Å². The molecule has 0 heterocycles. The SMILES string of the molecule is CCC(SC=Cc1ccccc1)[Si](OC)(OC)OC. The van der Waals surface area contributed by atoms with Crippen molar-refractivity contribution in [3.05, 3.63) is 41.3 Å². The van der Waals surface area contributed by atoms with Gasteiger partial charge in [-0.15, -0.1) is 11.8 Å². The highest BCUT2D eigenvalue weighted by Gasteiger charge is 2.46. The lowest BCUT2D eigenvalue weighted by molar-refractivity contribution is 0.121. The van der Waals surface area contributed by atoms with Crippen molar-refractivity contribution < 1.29 is 13.3 Å². The molecular formula is C14H22O3SSi. The molecule has 1 aromatic carbocycles.